The van der Waals surface area contributed by atoms with Crippen molar-refractivity contribution in [2.45, 2.75) is 39.2 Å². The van der Waals surface area contributed by atoms with Gasteiger partial charge in [0.05, 0.1) is 42.7 Å². The minimum atomic E-state index is -0.743. The number of fused-ring (bicyclic) bond motifs is 1. The van der Waals surface area contributed by atoms with E-state index in [1.54, 1.807) is 50.8 Å². The summed E-state index contributed by atoms with van der Waals surface area (Å²) in [6.07, 6.45) is 5.27. The van der Waals surface area contributed by atoms with Crippen molar-refractivity contribution in [3.8, 4) is 11.5 Å². The monoisotopic (exact) mass is 537 g/mol. The maximum atomic E-state index is 13.8. The van der Waals surface area contributed by atoms with Crippen LogP contribution in [0.15, 0.2) is 55.8 Å². The Morgan fingerprint density at radius 2 is 1.89 bits per heavy atom. The summed E-state index contributed by atoms with van der Waals surface area (Å²) >= 11 is 1.26. The van der Waals surface area contributed by atoms with E-state index >= 15 is 0 Å². The van der Waals surface area contributed by atoms with Gasteiger partial charge < -0.3 is 23.5 Å². The molecule has 10 heteroatoms. The molecule has 1 aromatic carbocycles. The highest BCUT2D eigenvalue weighted by Gasteiger charge is 2.34. The van der Waals surface area contributed by atoms with Crippen LogP contribution in [-0.4, -0.2) is 44.5 Å². The molecule has 2 aliphatic heterocycles. The highest BCUT2D eigenvalue weighted by molar-refractivity contribution is 7.07. The molecule has 0 saturated carbocycles. The van der Waals surface area contributed by atoms with Gasteiger partial charge in [-0.25, -0.2) is 9.79 Å². The van der Waals surface area contributed by atoms with E-state index in [9.17, 15) is 9.59 Å². The predicted octanol–water partition coefficient (Wildman–Crippen LogP) is 3.40. The summed E-state index contributed by atoms with van der Waals surface area (Å²) in [4.78, 5) is 34.3. The van der Waals surface area contributed by atoms with E-state index in [0.29, 0.717) is 43.4 Å². The Bertz CT molecular complexity index is 1560. The molecule has 5 rings (SSSR count). The Kier molecular flexibility index (Phi) is 7.42. The largest absolute Gasteiger partial charge is 0.493 e. The molecule has 4 heterocycles. The van der Waals surface area contributed by atoms with Gasteiger partial charge in [0.2, 0.25) is 0 Å². The predicted molar refractivity (Wildman–Crippen MR) is 145 cm³/mol. The molecule has 0 radical (unpaired) electrons. The van der Waals surface area contributed by atoms with Crippen molar-refractivity contribution < 1.29 is 23.4 Å². The first-order valence-corrected chi connectivity index (χ1v) is 13.5. The first-order valence-electron chi connectivity index (χ1n) is 12.7. The average molecular weight is 538 g/mol. The highest BCUT2D eigenvalue weighted by atomic mass is 32.1. The number of carbonyl (C=O) groups is 1. The first kappa shape index (κ1) is 25.8. The fraction of sp³-hybridized carbons (Fsp3) is 0.393. The van der Waals surface area contributed by atoms with E-state index in [1.807, 2.05) is 18.2 Å². The van der Waals surface area contributed by atoms with Crippen molar-refractivity contribution in [2.75, 3.05) is 38.8 Å². The minimum Gasteiger partial charge on any atom is -0.493 e. The molecule has 0 aliphatic carbocycles. The molecule has 3 aromatic rings. The summed E-state index contributed by atoms with van der Waals surface area (Å²) in [5, 5.41) is 0. The third kappa shape index (κ3) is 4.76. The maximum Gasteiger partial charge on any atom is 0.338 e. The Morgan fingerprint density at radius 3 is 2.61 bits per heavy atom. The average Bonchev–Trinajstić information content (AvgIpc) is 3.52. The standard InChI is InChI=1S/C28H31N3O6S/c1-5-36-27(33)24-17(2)29-28-31(25(24)18-9-11-20(34-3)21(15-18)35-4)26(32)22(38-28)16-19-10-12-23(37-19)30-13-7-6-8-14-30/h9-12,15-16,25H,5-8,13-14H2,1-4H3/b22-16+/t25-/m1/s1. The van der Waals surface area contributed by atoms with E-state index in [1.165, 1.54) is 17.8 Å². The molecule has 1 atom stereocenters. The molecule has 2 aromatic heterocycles. The number of esters is 1. The zero-order chi connectivity index (χ0) is 26.8. The number of rotatable bonds is 7. The summed E-state index contributed by atoms with van der Waals surface area (Å²) in [6.45, 7) is 5.65. The van der Waals surface area contributed by atoms with E-state index in [0.717, 1.165) is 31.8 Å². The van der Waals surface area contributed by atoms with Gasteiger partial charge in [0.1, 0.15) is 5.76 Å². The van der Waals surface area contributed by atoms with Crippen molar-refractivity contribution in [1.29, 1.82) is 0 Å². The topological polar surface area (TPSA) is 95.5 Å². The number of benzene rings is 1. The fourth-order valence-corrected chi connectivity index (χ4v) is 5.99. The van der Waals surface area contributed by atoms with Gasteiger partial charge in [0, 0.05) is 25.2 Å². The second kappa shape index (κ2) is 10.9. The number of hydrogen-bond donors (Lipinski definition) is 0. The van der Waals surface area contributed by atoms with Crippen molar-refractivity contribution in [3.05, 3.63) is 72.6 Å². The van der Waals surface area contributed by atoms with E-state index < -0.39 is 12.0 Å². The lowest BCUT2D eigenvalue weighted by atomic mass is 9.95. The summed E-state index contributed by atoms with van der Waals surface area (Å²) in [5.74, 6) is 1.93. The van der Waals surface area contributed by atoms with Crippen LogP contribution in [0.25, 0.3) is 6.08 Å². The van der Waals surface area contributed by atoms with Crippen LogP contribution in [0.2, 0.25) is 0 Å². The van der Waals surface area contributed by atoms with E-state index in [-0.39, 0.29) is 12.2 Å². The molecule has 38 heavy (non-hydrogen) atoms. The number of hydrogen-bond acceptors (Lipinski definition) is 9. The van der Waals surface area contributed by atoms with Gasteiger partial charge in [-0.15, -0.1) is 0 Å². The number of thiazole rings is 1. The number of allylic oxidation sites excluding steroid dienone is 1. The van der Waals surface area contributed by atoms with Crippen LogP contribution in [0.1, 0.15) is 50.5 Å². The number of piperidine rings is 1. The quantitative estimate of drug-likeness (QED) is 0.427. The normalized spacial score (nSPS) is 17.7. The van der Waals surface area contributed by atoms with Crippen LogP contribution >= 0.6 is 11.3 Å². The molecule has 200 valence electrons. The molecule has 1 saturated heterocycles. The van der Waals surface area contributed by atoms with Crippen LogP contribution < -0.4 is 29.3 Å². The molecule has 0 N–H and O–H groups in total. The van der Waals surface area contributed by atoms with Gasteiger partial charge in [0.25, 0.3) is 5.56 Å². The lowest BCUT2D eigenvalue weighted by molar-refractivity contribution is -0.139. The van der Waals surface area contributed by atoms with Crippen molar-refractivity contribution in [2.24, 2.45) is 4.99 Å². The van der Waals surface area contributed by atoms with Crippen LogP contribution in [0.4, 0.5) is 5.88 Å². The number of aromatic nitrogens is 1. The Balaban J connectivity index is 1.63. The van der Waals surface area contributed by atoms with Crippen molar-refractivity contribution >= 4 is 29.3 Å². The highest BCUT2D eigenvalue weighted by Crippen LogP contribution is 2.36. The number of furan rings is 1. The third-order valence-electron chi connectivity index (χ3n) is 6.79. The Hall–Kier alpha value is -3.79. The van der Waals surface area contributed by atoms with Gasteiger partial charge in [-0.05, 0) is 56.9 Å². The summed E-state index contributed by atoms with van der Waals surface area (Å²) < 4.78 is 24.4. The third-order valence-corrected chi connectivity index (χ3v) is 7.78. The molecule has 0 spiro atoms. The molecule has 1 fully saturated rings. The number of methoxy groups -OCH3 is 2. The maximum absolute atomic E-state index is 13.8. The lowest BCUT2D eigenvalue weighted by Gasteiger charge is -2.25. The van der Waals surface area contributed by atoms with Crippen molar-refractivity contribution in [1.82, 2.24) is 4.57 Å². The van der Waals surface area contributed by atoms with Gasteiger partial charge in [0.15, 0.2) is 22.2 Å². The molecule has 9 nitrogen and oxygen atoms in total. The number of anilines is 1. The summed E-state index contributed by atoms with van der Waals surface area (Å²) in [7, 11) is 3.10. The van der Waals surface area contributed by atoms with E-state index in [4.69, 9.17) is 18.6 Å². The number of nitrogens with zero attached hydrogens (tertiary/aromatic N) is 3. The molecule has 0 bridgehead atoms. The van der Waals surface area contributed by atoms with E-state index in [2.05, 4.69) is 9.89 Å². The zero-order valence-electron chi connectivity index (χ0n) is 22.0. The minimum absolute atomic E-state index is 0.205. The van der Waals surface area contributed by atoms with Crippen LogP contribution in [-0.2, 0) is 9.53 Å². The second-order valence-corrected chi connectivity index (χ2v) is 10.1. The lowest BCUT2D eigenvalue weighted by Crippen LogP contribution is -2.39. The molecular formula is C28H31N3O6S. The molecule has 2 aliphatic rings. The first-order chi connectivity index (χ1) is 18.4. The van der Waals surface area contributed by atoms with Crippen LogP contribution in [0.5, 0.6) is 11.5 Å². The van der Waals surface area contributed by atoms with Crippen LogP contribution in [0.3, 0.4) is 0 Å². The van der Waals surface area contributed by atoms with Gasteiger partial charge in [-0.3, -0.25) is 9.36 Å². The Morgan fingerprint density at radius 1 is 1.13 bits per heavy atom. The van der Waals surface area contributed by atoms with Gasteiger partial charge in [-0.1, -0.05) is 17.4 Å². The smallest absolute Gasteiger partial charge is 0.338 e. The molecule has 0 unspecified atom stereocenters. The Labute approximate surface area is 224 Å². The molecular weight excluding hydrogens is 506 g/mol. The van der Waals surface area contributed by atoms with Crippen molar-refractivity contribution in [3.63, 3.8) is 0 Å². The second-order valence-electron chi connectivity index (χ2n) is 9.14. The molecule has 0 amide bonds. The summed E-state index contributed by atoms with van der Waals surface area (Å²) in [5.41, 5.74) is 1.22. The fourth-order valence-electron chi connectivity index (χ4n) is 4.96. The van der Waals surface area contributed by atoms with Gasteiger partial charge in [-0.2, -0.15) is 0 Å². The number of ether oxygens (including phenoxy) is 3. The number of carbonyl (C=O) groups excluding carboxylic acids is 1. The zero-order valence-corrected chi connectivity index (χ0v) is 22.8. The van der Waals surface area contributed by atoms with Crippen LogP contribution in [0, 0.1) is 0 Å². The summed E-state index contributed by atoms with van der Waals surface area (Å²) in [6, 6.07) is 8.43. The SMILES string of the molecule is CCOC(=O)C1=C(C)N=c2s/c(=C/c3ccc(N4CCCCC4)o3)c(=O)n2[C@@H]1c1ccc(OC)c(OC)c1. The van der Waals surface area contributed by atoms with Gasteiger partial charge >= 0.3 is 5.97 Å².